The van der Waals surface area contributed by atoms with Gasteiger partial charge in [-0.2, -0.15) is 0 Å². The number of para-hydroxylation sites is 1. The fraction of sp³-hybridized carbons (Fsp3) is 0.286. The first-order valence-electron chi connectivity index (χ1n) is 14.5. The largest absolute Gasteiger partial charge is 0.340 e. The average Bonchev–Trinajstić information content (AvgIpc) is 3.32. The van der Waals surface area contributed by atoms with Gasteiger partial charge in [0, 0.05) is 42.9 Å². The zero-order chi connectivity index (χ0) is 28.3. The highest BCUT2D eigenvalue weighted by atomic mass is 16.2. The average molecular weight is 545 g/mol. The Morgan fingerprint density at radius 1 is 0.951 bits per heavy atom. The van der Waals surface area contributed by atoms with Crippen LogP contribution in [0.3, 0.4) is 0 Å². The van der Waals surface area contributed by atoms with Crippen molar-refractivity contribution in [2.75, 3.05) is 18.5 Å². The second-order valence-corrected chi connectivity index (χ2v) is 11.2. The van der Waals surface area contributed by atoms with Crippen LogP contribution in [0.15, 0.2) is 85.2 Å². The highest BCUT2D eigenvalue weighted by Crippen LogP contribution is 2.33. The van der Waals surface area contributed by atoms with Gasteiger partial charge in [-0.15, -0.1) is 0 Å². The summed E-state index contributed by atoms with van der Waals surface area (Å²) in [5.74, 6) is -0.0486. The van der Waals surface area contributed by atoms with Crippen molar-refractivity contribution in [2.24, 2.45) is 0 Å². The zero-order valence-electron chi connectivity index (χ0n) is 23.8. The van der Waals surface area contributed by atoms with Crippen molar-refractivity contribution in [3.8, 4) is 0 Å². The number of likely N-dealkylation sites (N-methyl/N-ethyl adjacent to an activating group) is 1. The molecule has 6 heteroatoms. The Morgan fingerprint density at radius 2 is 1.78 bits per heavy atom. The first kappa shape index (κ1) is 26.8. The fourth-order valence-electron chi connectivity index (χ4n) is 6.07. The summed E-state index contributed by atoms with van der Waals surface area (Å²) in [6.07, 6.45) is 11.4. The first-order chi connectivity index (χ1) is 20.0. The van der Waals surface area contributed by atoms with Gasteiger partial charge >= 0.3 is 0 Å². The van der Waals surface area contributed by atoms with Crippen molar-refractivity contribution in [3.05, 3.63) is 124 Å². The number of amides is 2. The third-order valence-corrected chi connectivity index (χ3v) is 8.41. The lowest BCUT2D eigenvalue weighted by atomic mass is 9.90. The molecule has 2 aliphatic rings. The van der Waals surface area contributed by atoms with E-state index in [1.807, 2.05) is 66.5 Å². The Hall–Kier alpha value is -4.45. The van der Waals surface area contributed by atoms with Crippen molar-refractivity contribution in [1.82, 2.24) is 14.5 Å². The molecular formula is C35H36N4O2. The maximum atomic E-state index is 14.1. The Kier molecular flexibility index (Phi) is 7.55. The Balaban J connectivity index is 1.27. The lowest BCUT2D eigenvalue weighted by molar-refractivity contribution is 0.0786. The molecule has 0 saturated heterocycles. The van der Waals surface area contributed by atoms with E-state index in [0.29, 0.717) is 30.9 Å². The summed E-state index contributed by atoms with van der Waals surface area (Å²) in [7, 11) is 1.85. The quantitative estimate of drug-likeness (QED) is 0.272. The maximum absolute atomic E-state index is 14.1. The van der Waals surface area contributed by atoms with Crippen LogP contribution in [0.2, 0.25) is 0 Å². The molecule has 3 heterocycles. The molecule has 0 saturated carbocycles. The number of fused-ring (bicyclic) bond motifs is 2. The first-order valence-corrected chi connectivity index (χ1v) is 14.5. The number of carbonyl (C=O) groups is 2. The van der Waals surface area contributed by atoms with Gasteiger partial charge in [-0.1, -0.05) is 30.3 Å². The fourth-order valence-corrected chi connectivity index (χ4v) is 6.07. The van der Waals surface area contributed by atoms with Crippen LogP contribution in [0.25, 0.3) is 5.57 Å². The van der Waals surface area contributed by atoms with Gasteiger partial charge in [0.2, 0.25) is 0 Å². The van der Waals surface area contributed by atoms with Crippen LogP contribution in [0, 0.1) is 6.92 Å². The predicted molar refractivity (Wildman–Crippen MR) is 163 cm³/mol. The Bertz CT molecular complexity index is 1620. The molecule has 208 valence electrons. The number of benzene rings is 2. The third-order valence-electron chi connectivity index (χ3n) is 8.41. The standard InChI is InChI=1S/C35H36N4O2/c1-25-22-28(12-14-31(25)27-8-4-3-5-9-27)34(40)39-24-30-13-15-33(38(30)23-29-10-6-7-11-32(29)39)35(41)37(2)21-18-26-16-19-36-20-17-26/h6-8,10-17,19-20,22H,3-5,9,18,21,23-24H2,1-2H3. The van der Waals surface area contributed by atoms with E-state index in [0.717, 1.165) is 47.3 Å². The van der Waals surface area contributed by atoms with E-state index >= 15 is 0 Å². The van der Waals surface area contributed by atoms with Crippen molar-refractivity contribution >= 4 is 23.1 Å². The van der Waals surface area contributed by atoms with E-state index in [2.05, 4.69) is 34.7 Å². The van der Waals surface area contributed by atoms with Crippen molar-refractivity contribution < 1.29 is 9.59 Å². The van der Waals surface area contributed by atoms with Crippen LogP contribution >= 0.6 is 0 Å². The van der Waals surface area contributed by atoms with Crippen molar-refractivity contribution in [3.63, 3.8) is 0 Å². The number of allylic oxidation sites excluding steroid dienone is 2. The SMILES string of the molecule is Cc1cc(C(=O)N2Cc3ccc(C(=O)N(C)CCc4ccncc4)n3Cc3ccccc32)ccc1C1=CCCCC1. The number of hydrogen-bond donors (Lipinski definition) is 0. The molecule has 0 spiro atoms. The minimum atomic E-state index is -0.0262. The predicted octanol–water partition coefficient (Wildman–Crippen LogP) is 6.67. The molecule has 0 unspecified atom stereocenters. The highest BCUT2D eigenvalue weighted by molar-refractivity contribution is 6.07. The second kappa shape index (κ2) is 11.6. The van der Waals surface area contributed by atoms with Crippen molar-refractivity contribution in [2.45, 2.75) is 52.1 Å². The summed E-state index contributed by atoms with van der Waals surface area (Å²) in [5.41, 5.74) is 9.12. The summed E-state index contributed by atoms with van der Waals surface area (Å²) >= 11 is 0. The topological polar surface area (TPSA) is 58.4 Å². The lowest BCUT2D eigenvalue weighted by Crippen LogP contribution is -2.31. The Morgan fingerprint density at radius 3 is 2.56 bits per heavy atom. The van der Waals surface area contributed by atoms with Gasteiger partial charge in [0.1, 0.15) is 5.69 Å². The van der Waals surface area contributed by atoms with Crippen LogP contribution in [0.5, 0.6) is 0 Å². The lowest BCUT2D eigenvalue weighted by Gasteiger charge is -2.23. The van der Waals surface area contributed by atoms with Gasteiger partial charge < -0.3 is 14.4 Å². The van der Waals surface area contributed by atoms with Gasteiger partial charge in [0.05, 0.1) is 13.1 Å². The Labute approximate surface area is 241 Å². The normalized spacial score (nSPS) is 14.5. The molecule has 41 heavy (non-hydrogen) atoms. The summed E-state index contributed by atoms with van der Waals surface area (Å²) in [4.78, 5) is 35.3. The number of anilines is 1. The van der Waals surface area contributed by atoms with Crippen LogP contribution < -0.4 is 4.90 Å². The van der Waals surface area contributed by atoms with E-state index in [4.69, 9.17) is 0 Å². The number of aryl methyl sites for hydroxylation is 1. The van der Waals surface area contributed by atoms with Gasteiger partial charge in [-0.25, -0.2) is 0 Å². The number of aromatic nitrogens is 2. The van der Waals surface area contributed by atoms with E-state index in [9.17, 15) is 9.59 Å². The monoisotopic (exact) mass is 544 g/mol. The molecule has 0 bridgehead atoms. The zero-order valence-corrected chi connectivity index (χ0v) is 23.8. The number of carbonyl (C=O) groups excluding carboxylic acids is 2. The van der Waals surface area contributed by atoms with Crippen LogP contribution in [-0.4, -0.2) is 39.9 Å². The van der Waals surface area contributed by atoms with Crippen LogP contribution in [0.4, 0.5) is 5.69 Å². The molecule has 1 aliphatic carbocycles. The van der Waals surface area contributed by atoms with E-state index < -0.39 is 0 Å². The van der Waals surface area contributed by atoms with E-state index in [1.54, 1.807) is 17.3 Å². The molecule has 0 N–H and O–H groups in total. The molecule has 0 radical (unpaired) electrons. The number of nitrogens with zero attached hydrogens (tertiary/aromatic N) is 4. The molecule has 0 atom stereocenters. The van der Waals surface area contributed by atoms with Crippen LogP contribution in [-0.2, 0) is 19.5 Å². The molecule has 0 fully saturated rings. The second-order valence-electron chi connectivity index (χ2n) is 11.2. The molecule has 4 aromatic rings. The van der Waals surface area contributed by atoms with Gasteiger partial charge in [-0.3, -0.25) is 14.6 Å². The third kappa shape index (κ3) is 5.47. The molecule has 6 nitrogen and oxygen atoms in total. The number of hydrogen-bond acceptors (Lipinski definition) is 3. The van der Waals surface area contributed by atoms with Gasteiger partial charge in [0.15, 0.2) is 0 Å². The smallest absolute Gasteiger partial charge is 0.270 e. The molecule has 2 aromatic carbocycles. The van der Waals surface area contributed by atoms with Gasteiger partial charge in [-0.05, 0) is 109 Å². The van der Waals surface area contributed by atoms with Crippen molar-refractivity contribution in [1.29, 1.82) is 0 Å². The van der Waals surface area contributed by atoms with Gasteiger partial charge in [0.25, 0.3) is 11.8 Å². The summed E-state index contributed by atoms with van der Waals surface area (Å²) in [6, 6.07) is 22.0. The minimum absolute atomic E-state index is 0.0224. The molecule has 6 rings (SSSR count). The molecule has 2 aromatic heterocycles. The molecule has 1 aliphatic heterocycles. The van der Waals surface area contributed by atoms with Crippen LogP contribution in [0.1, 0.15) is 74.5 Å². The minimum Gasteiger partial charge on any atom is -0.340 e. The summed E-state index contributed by atoms with van der Waals surface area (Å²) < 4.78 is 2.07. The summed E-state index contributed by atoms with van der Waals surface area (Å²) in [5, 5.41) is 0. The molecular weight excluding hydrogens is 508 g/mol. The highest BCUT2D eigenvalue weighted by Gasteiger charge is 2.28. The number of pyridine rings is 1. The number of rotatable bonds is 6. The maximum Gasteiger partial charge on any atom is 0.270 e. The van der Waals surface area contributed by atoms with E-state index in [-0.39, 0.29) is 11.8 Å². The molecule has 2 amide bonds. The summed E-state index contributed by atoms with van der Waals surface area (Å²) in [6.45, 7) is 3.65. The van der Waals surface area contributed by atoms with E-state index in [1.165, 1.54) is 24.0 Å².